The standard InChI is InChI=1S/C25H31N5O2/c1-17-11-19(21-14-27-29(2)16-21)12-20-13-24(26-15-23(17)20)28-25(31)18-3-5-22(6-4-18)30-7-9-32-10-8-30/h11-16,18,22H,3-10H2,1-2H3,(H,26,28,31)/t18-,22-. The van der Waals surface area contributed by atoms with E-state index in [1.54, 1.807) is 4.68 Å². The lowest BCUT2D eigenvalue weighted by atomic mass is 9.84. The molecule has 7 nitrogen and oxygen atoms in total. The number of pyridine rings is 1. The molecule has 5 rings (SSSR count). The summed E-state index contributed by atoms with van der Waals surface area (Å²) in [6.45, 7) is 5.78. The molecule has 3 heterocycles. The molecule has 1 saturated heterocycles. The summed E-state index contributed by atoms with van der Waals surface area (Å²) in [5.74, 6) is 0.784. The molecule has 168 valence electrons. The maximum Gasteiger partial charge on any atom is 0.228 e. The molecule has 2 fully saturated rings. The number of carbonyl (C=O) groups is 1. The normalized spacial score (nSPS) is 22.2. The van der Waals surface area contributed by atoms with Crippen molar-refractivity contribution in [3.63, 3.8) is 0 Å². The van der Waals surface area contributed by atoms with Gasteiger partial charge >= 0.3 is 0 Å². The highest BCUT2D eigenvalue weighted by Gasteiger charge is 2.30. The molecule has 1 aliphatic carbocycles. The monoisotopic (exact) mass is 433 g/mol. The molecular formula is C25H31N5O2. The Bertz CT molecular complexity index is 1110. The van der Waals surface area contributed by atoms with Gasteiger partial charge in [-0.15, -0.1) is 0 Å². The second kappa shape index (κ2) is 9.00. The maximum absolute atomic E-state index is 12.9. The van der Waals surface area contributed by atoms with Crippen LogP contribution in [-0.4, -0.2) is 57.9 Å². The fourth-order valence-corrected chi connectivity index (χ4v) is 5.12. The number of morpholine rings is 1. The van der Waals surface area contributed by atoms with Crippen molar-refractivity contribution < 1.29 is 9.53 Å². The Morgan fingerprint density at radius 3 is 2.56 bits per heavy atom. The van der Waals surface area contributed by atoms with Crippen molar-refractivity contribution in [1.82, 2.24) is 19.7 Å². The van der Waals surface area contributed by atoms with Gasteiger partial charge in [0.05, 0.1) is 19.4 Å². The van der Waals surface area contributed by atoms with Crippen LogP contribution in [0.15, 0.2) is 36.8 Å². The first-order valence-electron chi connectivity index (χ1n) is 11.6. The molecule has 2 aliphatic rings. The van der Waals surface area contributed by atoms with Gasteiger partial charge < -0.3 is 10.1 Å². The van der Waals surface area contributed by atoms with E-state index in [0.717, 1.165) is 79.4 Å². The Labute approximate surface area is 188 Å². The molecule has 0 bridgehead atoms. The first kappa shape index (κ1) is 21.1. The number of anilines is 1. The molecule has 0 radical (unpaired) electrons. The lowest BCUT2D eigenvalue weighted by molar-refractivity contribution is -0.121. The number of benzene rings is 1. The molecule has 0 unspecified atom stereocenters. The number of ether oxygens (including phenoxy) is 1. The van der Waals surface area contributed by atoms with Crippen LogP contribution in [0.1, 0.15) is 31.2 Å². The Morgan fingerprint density at radius 1 is 1.06 bits per heavy atom. The number of nitrogens with zero attached hydrogens (tertiary/aromatic N) is 4. The van der Waals surface area contributed by atoms with E-state index in [4.69, 9.17) is 4.74 Å². The van der Waals surface area contributed by atoms with Crippen molar-refractivity contribution in [1.29, 1.82) is 0 Å². The number of carbonyl (C=O) groups excluding carboxylic acids is 1. The lowest BCUT2D eigenvalue weighted by Crippen LogP contribution is -2.45. The third-order valence-corrected chi connectivity index (χ3v) is 6.96. The van der Waals surface area contributed by atoms with E-state index in [1.165, 1.54) is 0 Å². The average Bonchev–Trinajstić information content (AvgIpc) is 3.26. The molecular weight excluding hydrogens is 402 g/mol. The first-order valence-corrected chi connectivity index (χ1v) is 11.6. The topological polar surface area (TPSA) is 72.3 Å². The fourth-order valence-electron chi connectivity index (χ4n) is 5.12. The third-order valence-electron chi connectivity index (χ3n) is 6.96. The Morgan fingerprint density at radius 2 is 1.84 bits per heavy atom. The zero-order valence-electron chi connectivity index (χ0n) is 18.9. The van der Waals surface area contributed by atoms with Crippen molar-refractivity contribution in [3.05, 3.63) is 42.4 Å². The second-order valence-electron chi connectivity index (χ2n) is 9.13. The minimum absolute atomic E-state index is 0.0632. The highest BCUT2D eigenvalue weighted by Crippen LogP contribution is 2.31. The minimum Gasteiger partial charge on any atom is -0.379 e. The number of rotatable bonds is 4. The van der Waals surface area contributed by atoms with E-state index in [0.29, 0.717) is 11.9 Å². The van der Waals surface area contributed by atoms with E-state index in [9.17, 15) is 4.79 Å². The van der Waals surface area contributed by atoms with E-state index in [-0.39, 0.29) is 11.8 Å². The predicted molar refractivity (Wildman–Crippen MR) is 125 cm³/mol. The Kier molecular flexibility index (Phi) is 5.93. The minimum atomic E-state index is 0.0632. The van der Waals surface area contributed by atoms with E-state index in [2.05, 4.69) is 39.4 Å². The van der Waals surface area contributed by atoms with Crippen molar-refractivity contribution in [2.24, 2.45) is 13.0 Å². The zero-order chi connectivity index (χ0) is 22.1. The second-order valence-corrected chi connectivity index (χ2v) is 9.13. The van der Waals surface area contributed by atoms with E-state index in [1.807, 2.05) is 31.7 Å². The van der Waals surface area contributed by atoms with Gasteiger partial charge in [-0.3, -0.25) is 14.4 Å². The number of hydrogen-bond acceptors (Lipinski definition) is 5. The summed E-state index contributed by atoms with van der Waals surface area (Å²) in [6, 6.07) is 6.88. The molecule has 1 N–H and O–H groups in total. The van der Waals surface area contributed by atoms with Gasteiger partial charge in [0.15, 0.2) is 0 Å². The van der Waals surface area contributed by atoms with Gasteiger partial charge in [-0.25, -0.2) is 4.98 Å². The summed E-state index contributed by atoms with van der Waals surface area (Å²) in [5, 5.41) is 9.54. The summed E-state index contributed by atoms with van der Waals surface area (Å²) in [4.78, 5) is 20.0. The number of aryl methyl sites for hydroxylation is 2. The molecule has 7 heteroatoms. The third kappa shape index (κ3) is 4.40. The van der Waals surface area contributed by atoms with Gasteiger partial charge in [0.25, 0.3) is 0 Å². The first-order chi connectivity index (χ1) is 15.6. The Balaban J connectivity index is 1.27. The molecule has 0 atom stereocenters. The molecule has 1 aromatic carbocycles. The van der Waals surface area contributed by atoms with Gasteiger partial charge in [0.2, 0.25) is 5.91 Å². The molecule has 32 heavy (non-hydrogen) atoms. The summed E-state index contributed by atoms with van der Waals surface area (Å²) in [7, 11) is 1.92. The molecule has 1 amide bonds. The van der Waals surface area contributed by atoms with Gasteiger partial charge in [-0.2, -0.15) is 5.10 Å². The number of amides is 1. The van der Waals surface area contributed by atoms with Gasteiger partial charge in [-0.1, -0.05) is 6.07 Å². The van der Waals surface area contributed by atoms with Gasteiger partial charge in [-0.05, 0) is 61.3 Å². The molecule has 1 saturated carbocycles. The SMILES string of the molecule is Cc1cc(-c2cnn(C)c2)cc2cc(NC(=O)[C@H]3CC[C@H](N4CCOCC4)CC3)ncc12. The predicted octanol–water partition coefficient (Wildman–Crippen LogP) is 3.77. The van der Waals surface area contributed by atoms with Crippen LogP contribution in [0.5, 0.6) is 0 Å². The van der Waals surface area contributed by atoms with Crippen LogP contribution in [0, 0.1) is 12.8 Å². The molecule has 0 spiro atoms. The van der Waals surface area contributed by atoms with Crippen molar-refractivity contribution >= 4 is 22.5 Å². The van der Waals surface area contributed by atoms with Gasteiger partial charge in [0.1, 0.15) is 5.82 Å². The molecule has 3 aromatic rings. The number of nitrogens with one attached hydrogen (secondary N) is 1. The van der Waals surface area contributed by atoms with Crippen LogP contribution in [0.3, 0.4) is 0 Å². The molecule has 1 aliphatic heterocycles. The Hall–Kier alpha value is -2.77. The highest BCUT2D eigenvalue weighted by molar-refractivity contribution is 5.96. The number of hydrogen-bond donors (Lipinski definition) is 1. The number of fused-ring (bicyclic) bond motifs is 1. The van der Waals surface area contributed by atoms with E-state index < -0.39 is 0 Å². The van der Waals surface area contributed by atoms with E-state index >= 15 is 0 Å². The quantitative estimate of drug-likeness (QED) is 0.678. The van der Waals surface area contributed by atoms with Crippen molar-refractivity contribution in [2.45, 2.75) is 38.6 Å². The summed E-state index contributed by atoms with van der Waals surface area (Å²) in [6.07, 6.45) is 9.78. The van der Waals surface area contributed by atoms with Gasteiger partial charge in [0, 0.05) is 55.4 Å². The van der Waals surface area contributed by atoms with Crippen LogP contribution in [0.25, 0.3) is 21.9 Å². The van der Waals surface area contributed by atoms with Crippen LogP contribution < -0.4 is 5.32 Å². The van der Waals surface area contributed by atoms with Crippen molar-refractivity contribution in [3.8, 4) is 11.1 Å². The van der Waals surface area contributed by atoms with Crippen LogP contribution >= 0.6 is 0 Å². The van der Waals surface area contributed by atoms with Crippen LogP contribution in [0.2, 0.25) is 0 Å². The average molecular weight is 434 g/mol. The zero-order valence-corrected chi connectivity index (χ0v) is 18.9. The largest absolute Gasteiger partial charge is 0.379 e. The highest BCUT2D eigenvalue weighted by atomic mass is 16.5. The van der Waals surface area contributed by atoms with Crippen LogP contribution in [-0.2, 0) is 16.6 Å². The molecule has 2 aromatic heterocycles. The summed E-state index contributed by atoms with van der Waals surface area (Å²) >= 11 is 0. The van der Waals surface area contributed by atoms with Crippen LogP contribution in [0.4, 0.5) is 5.82 Å². The number of aromatic nitrogens is 3. The smallest absolute Gasteiger partial charge is 0.228 e. The fraction of sp³-hybridized carbons (Fsp3) is 0.480. The summed E-state index contributed by atoms with van der Waals surface area (Å²) in [5.41, 5.74) is 3.36. The lowest BCUT2D eigenvalue weighted by Gasteiger charge is -2.38. The van der Waals surface area contributed by atoms with Crippen molar-refractivity contribution in [2.75, 3.05) is 31.6 Å². The summed E-state index contributed by atoms with van der Waals surface area (Å²) < 4.78 is 7.28. The maximum atomic E-state index is 12.9.